The molecule has 94 valence electrons. The van der Waals surface area contributed by atoms with Gasteiger partial charge in [-0.25, -0.2) is 4.79 Å². The molecule has 1 heterocycles. The molecular weight excluding hydrogens is 232 g/mol. The Morgan fingerprint density at radius 1 is 1.22 bits per heavy atom. The Morgan fingerprint density at radius 2 is 1.89 bits per heavy atom. The summed E-state index contributed by atoms with van der Waals surface area (Å²) < 4.78 is 4.96. The minimum Gasteiger partial charge on any atom is -0.508 e. The van der Waals surface area contributed by atoms with Crippen LogP contribution in [0, 0.1) is 0 Å². The normalized spacial score (nSPS) is 10.6. The van der Waals surface area contributed by atoms with E-state index in [0.29, 0.717) is 23.0 Å². The summed E-state index contributed by atoms with van der Waals surface area (Å²) in [7, 11) is 0. The van der Waals surface area contributed by atoms with Crippen molar-refractivity contribution in [2.45, 2.75) is 20.3 Å². The molecule has 2 N–H and O–H groups in total. The van der Waals surface area contributed by atoms with E-state index in [9.17, 15) is 15.0 Å². The number of phenols is 1. The fraction of sp³-hybridized carbons (Fsp3) is 0.214. The van der Waals surface area contributed by atoms with Gasteiger partial charge in [-0.3, -0.25) is 0 Å². The van der Waals surface area contributed by atoms with Crippen molar-refractivity contribution in [3.8, 4) is 11.5 Å². The molecule has 0 spiro atoms. The molecule has 18 heavy (non-hydrogen) atoms. The third-order valence-corrected chi connectivity index (χ3v) is 2.65. The van der Waals surface area contributed by atoms with Crippen LogP contribution in [-0.2, 0) is 6.42 Å². The van der Waals surface area contributed by atoms with Crippen molar-refractivity contribution < 1.29 is 14.6 Å². The van der Waals surface area contributed by atoms with Crippen LogP contribution in [0.5, 0.6) is 11.5 Å². The Morgan fingerprint density at radius 3 is 2.56 bits per heavy atom. The number of fused-ring (bicyclic) bond motifs is 1. The molecule has 0 atom stereocenters. The predicted octanol–water partition coefficient (Wildman–Crippen LogP) is 2.71. The van der Waals surface area contributed by atoms with E-state index in [-0.39, 0.29) is 5.75 Å². The minimum absolute atomic E-state index is 0.119. The number of rotatable bonds is 2. The van der Waals surface area contributed by atoms with Gasteiger partial charge in [0.25, 0.3) is 0 Å². The number of hydrogen-bond acceptors (Lipinski definition) is 4. The lowest BCUT2D eigenvalue weighted by molar-refractivity contribution is 0.427. The van der Waals surface area contributed by atoms with Crippen LogP contribution in [0.4, 0.5) is 0 Å². The summed E-state index contributed by atoms with van der Waals surface area (Å²) in [5, 5.41) is 19.6. The van der Waals surface area contributed by atoms with Crippen molar-refractivity contribution >= 4 is 11.0 Å². The van der Waals surface area contributed by atoms with E-state index in [4.69, 9.17) is 4.42 Å². The molecule has 0 saturated heterocycles. The first-order chi connectivity index (χ1) is 8.47. The van der Waals surface area contributed by atoms with E-state index < -0.39 is 11.4 Å². The van der Waals surface area contributed by atoms with Crippen LogP contribution >= 0.6 is 0 Å². The van der Waals surface area contributed by atoms with Gasteiger partial charge in [0.15, 0.2) is 0 Å². The largest absolute Gasteiger partial charge is 0.508 e. The first-order valence-electron chi connectivity index (χ1n) is 5.59. The lowest BCUT2D eigenvalue weighted by atomic mass is 10.1. The maximum absolute atomic E-state index is 11.2. The van der Waals surface area contributed by atoms with Crippen LogP contribution in [0.25, 0.3) is 11.0 Å². The highest BCUT2D eigenvalue weighted by atomic mass is 16.4. The zero-order valence-corrected chi connectivity index (χ0v) is 10.2. The van der Waals surface area contributed by atoms with E-state index in [2.05, 4.69) is 0 Å². The molecule has 0 amide bonds. The Bertz CT molecular complexity index is 676. The summed E-state index contributed by atoms with van der Waals surface area (Å²) in [5.74, 6) is -0.341. The van der Waals surface area contributed by atoms with Gasteiger partial charge in [-0.05, 0) is 38.5 Å². The number of phenolic OH excluding ortho intramolecular Hbond substituents is 1. The summed E-state index contributed by atoms with van der Waals surface area (Å²) in [6, 6.07) is 4.38. The molecule has 2 rings (SSSR count). The van der Waals surface area contributed by atoms with Gasteiger partial charge < -0.3 is 14.6 Å². The van der Waals surface area contributed by atoms with Crippen molar-refractivity contribution in [1.29, 1.82) is 0 Å². The fourth-order valence-corrected chi connectivity index (χ4v) is 1.66. The molecule has 0 unspecified atom stereocenters. The van der Waals surface area contributed by atoms with E-state index in [1.165, 1.54) is 12.1 Å². The molecule has 2 aromatic rings. The molecule has 1 aromatic heterocycles. The predicted molar refractivity (Wildman–Crippen MR) is 68.9 cm³/mol. The Labute approximate surface area is 104 Å². The second-order valence-corrected chi connectivity index (χ2v) is 4.42. The molecule has 0 aliphatic rings. The number of hydrogen-bond donors (Lipinski definition) is 2. The van der Waals surface area contributed by atoms with Crippen LogP contribution in [0.3, 0.4) is 0 Å². The number of allylic oxidation sites excluding steroid dienone is 2. The molecule has 1 aromatic carbocycles. The first kappa shape index (κ1) is 12.2. The molecule has 0 bridgehead atoms. The highest BCUT2D eigenvalue weighted by Crippen LogP contribution is 2.26. The maximum Gasteiger partial charge on any atom is 0.378 e. The highest BCUT2D eigenvalue weighted by Gasteiger charge is 2.08. The average Bonchev–Trinajstić information content (AvgIpc) is 2.29. The van der Waals surface area contributed by atoms with Gasteiger partial charge in [-0.1, -0.05) is 11.6 Å². The SMILES string of the molecule is CC(C)=CCc1cc2oc(=O)c(O)cc2cc1O. The van der Waals surface area contributed by atoms with Gasteiger partial charge in [0.05, 0.1) is 0 Å². The van der Waals surface area contributed by atoms with Crippen molar-refractivity contribution in [3.05, 3.63) is 45.8 Å². The standard InChI is InChI=1S/C14H14O4/c1-8(2)3-4-9-7-13-10(5-11(9)15)6-12(16)14(17)18-13/h3,5-7,15-16H,4H2,1-2H3. The molecule has 0 fully saturated rings. The summed E-state index contributed by atoms with van der Waals surface area (Å²) in [4.78, 5) is 11.2. The number of aromatic hydroxyl groups is 2. The second kappa shape index (κ2) is 4.56. The van der Waals surface area contributed by atoms with E-state index in [1.807, 2.05) is 19.9 Å². The maximum atomic E-state index is 11.2. The quantitative estimate of drug-likeness (QED) is 0.631. The van der Waals surface area contributed by atoms with Crippen LogP contribution in [0.1, 0.15) is 19.4 Å². The third-order valence-electron chi connectivity index (χ3n) is 2.65. The van der Waals surface area contributed by atoms with Crippen LogP contribution in [0.15, 0.2) is 39.1 Å². The van der Waals surface area contributed by atoms with E-state index in [1.54, 1.807) is 6.07 Å². The molecule has 0 saturated carbocycles. The second-order valence-electron chi connectivity index (χ2n) is 4.42. The Hall–Kier alpha value is -2.23. The van der Waals surface area contributed by atoms with Crippen molar-refractivity contribution in [2.75, 3.05) is 0 Å². The van der Waals surface area contributed by atoms with E-state index in [0.717, 1.165) is 5.57 Å². The average molecular weight is 246 g/mol. The highest BCUT2D eigenvalue weighted by molar-refractivity contribution is 5.80. The number of benzene rings is 1. The third kappa shape index (κ3) is 2.37. The summed E-state index contributed by atoms with van der Waals surface area (Å²) in [5.41, 5.74) is 1.40. The topological polar surface area (TPSA) is 70.7 Å². The minimum atomic E-state index is -0.777. The van der Waals surface area contributed by atoms with Gasteiger partial charge in [0.2, 0.25) is 5.75 Å². The van der Waals surface area contributed by atoms with Crippen molar-refractivity contribution in [2.24, 2.45) is 0 Å². The van der Waals surface area contributed by atoms with Crippen molar-refractivity contribution in [3.63, 3.8) is 0 Å². The van der Waals surface area contributed by atoms with Crippen LogP contribution < -0.4 is 5.63 Å². The Kier molecular flexibility index (Phi) is 3.10. The molecule has 4 nitrogen and oxygen atoms in total. The summed E-state index contributed by atoms with van der Waals surface area (Å²) >= 11 is 0. The molecular formula is C14H14O4. The molecule has 4 heteroatoms. The first-order valence-corrected chi connectivity index (χ1v) is 5.59. The lowest BCUT2D eigenvalue weighted by Crippen LogP contribution is -1.97. The molecule has 0 aliphatic heterocycles. The van der Waals surface area contributed by atoms with Gasteiger partial charge in [0, 0.05) is 10.9 Å². The molecule has 0 radical (unpaired) electrons. The van der Waals surface area contributed by atoms with Gasteiger partial charge >= 0.3 is 5.63 Å². The van der Waals surface area contributed by atoms with Crippen LogP contribution in [0.2, 0.25) is 0 Å². The summed E-state index contributed by atoms with van der Waals surface area (Å²) in [6.07, 6.45) is 2.54. The van der Waals surface area contributed by atoms with Gasteiger partial charge in [-0.15, -0.1) is 0 Å². The van der Waals surface area contributed by atoms with E-state index >= 15 is 0 Å². The fourth-order valence-electron chi connectivity index (χ4n) is 1.66. The van der Waals surface area contributed by atoms with Gasteiger partial charge in [0.1, 0.15) is 11.3 Å². The smallest absolute Gasteiger partial charge is 0.378 e. The summed E-state index contributed by atoms with van der Waals surface area (Å²) in [6.45, 7) is 3.94. The molecule has 0 aliphatic carbocycles. The van der Waals surface area contributed by atoms with Crippen LogP contribution in [-0.4, -0.2) is 10.2 Å². The zero-order chi connectivity index (χ0) is 13.3. The van der Waals surface area contributed by atoms with Crippen molar-refractivity contribution in [1.82, 2.24) is 0 Å². The van der Waals surface area contributed by atoms with Gasteiger partial charge in [-0.2, -0.15) is 0 Å². The Balaban J connectivity index is 2.57. The lowest BCUT2D eigenvalue weighted by Gasteiger charge is -2.04. The zero-order valence-electron chi connectivity index (χ0n) is 10.2. The monoisotopic (exact) mass is 246 g/mol.